The molecule has 0 unspecified atom stereocenters. The third-order valence-electron chi connectivity index (χ3n) is 4.03. The molecule has 1 aliphatic heterocycles. The molecule has 0 spiro atoms. The maximum Gasteiger partial charge on any atom is 0.294 e. The highest BCUT2D eigenvalue weighted by atomic mass is 35.5. The number of hydrogen-bond acceptors (Lipinski definition) is 5. The molecule has 0 N–H and O–H groups in total. The molecule has 1 aliphatic rings. The fourth-order valence-corrected chi connectivity index (χ4v) is 3.68. The number of nitrogens with zero attached hydrogens (tertiary/aromatic N) is 1. The largest absolute Gasteiger partial charge is 0.490 e. The number of halogens is 1. The minimum atomic E-state index is -0.394. The van der Waals surface area contributed by atoms with E-state index in [-0.39, 0.29) is 11.8 Å². The summed E-state index contributed by atoms with van der Waals surface area (Å²) >= 11 is 7.04. The fraction of sp³-hybridized carbons (Fsp3) is 0.182. The zero-order valence-electron chi connectivity index (χ0n) is 15.7. The summed E-state index contributed by atoms with van der Waals surface area (Å²) < 4.78 is 11.6. The molecular formula is C22H18ClNO4S. The van der Waals surface area contributed by atoms with Crippen LogP contribution in [0.2, 0.25) is 5.02 Å². The van der Waals surface area contributed by atoms with Crippen molar-refractivity contribution < 1.29 is 19.1 Å². The molecule has 3 rings (SSSR count). The Labute approximate surface area is 178 Å². The summed E-state index contributed by atoms with van der Waals surface area (Å²) in [6, 6.07) is 12.8. The number of amides is 2. The van der Waals surface area contributed by atoms with Gasteiger partial charge in [0.15, 0.2) is 11.5 Å². The molecule has 0 aromatic heterocycles. The standard InChI is InChI=1S/C22H18ClNO4S/c1-3-11-24-21(25)20(29-22(24)26)13-15-9-10-18(19(12-15)27-4-2)28-14-16-7-5-6-8-17(16)23/h1,5-10,12-13H,4,11,14H2,2H3/b20-13+. The van der Waals surface area contributed by atoms with Gasteiger partial charge in [-0.1, -0.05) is 41.8 Å². The summed E-state index contributed by atoms with van der Waals surface area (Å²) in [5, 5.41) is 0.258. The van der Waals surface area contributed by atoms with Crippen molar-refractivity contribution in [1.82, 2.24) is 4.90 Å². The minimum Gasteiger partial charge on any atom is -0.490 e. The van der Waals surface area contributed by atoms with Crippen molar-refractivity contribution in [1.29, 1.82) is 0 Å². The van der Waals surface area contributed by atoms with Crippen molar-refractivity contribution >= 4 is 40.6 Å². The highest BCUT2D eigenvalue weighted by molar-refractivity contribution is 8.18. The molecule has 1 saturated heterocycles. The minimum absolute atomic E-state index is 0.0406. The van der Waals surface area contributed by atoms with E-state index in [9.17, 15) is 9.59 Å². The zero-order valence-corrected chi connectivity index (χ0v) is 17.3. The van der Waals surface area contributed by atoms with E-state index < -0.39 is 5.91 Å². The van der Waals surface area contributed by atoms with Crippen LogP contribution in [0.15, 0.2) is 47.4 Å². The van der Waals surface area contributed by atoms with E-state index in [2.05, 4.69) is 5.92 Å². The number of imide groups is 1. The quantitative estimate of drug-likeness (QED) is 0.460. The number of hydrogen-bond donors (Lipinski definition) is 0. The molecule has 2 amide bonds. The second-order valence-electron chi connectivity index (χ2n) is 5.99. The lowest BCUT2D eigenvalue weighted by Crippen LogP contribution is -2.28. The van der Waals surface area contributed by atoms with Gasteiger partial charge in [0.05, 0.1) is 18.1 Å². The van der Waals surface area contributed by atoms with Gasteiger partial charge >= 0.3 is 0 Å². The molecule has 29 heavy (non-hydrogen) atoms. The highest BCUT2D eigenvalue weighted by Crippen LogP contribution is 2.35. The summed E-state index contributed by atoms with van der Waals surface area (Å²) in [7, 11) is 0. The van der Waals surface area contributed by atoms with E-state index in [0.717, 1.165) is 22.2 Å². The van der Waals surface area contributed by atoms with Crippen LogP contribution in [0.1, 0.15) is 18.1 Å². The lowest BCUT2D eigenvalue weighted by atomic mass is 10.1. The summed E-state index contributed by atoms with van der Waals surface area (Å²) in [4.78, 5) is 25.6. The molecule has 2 aromatic carbocycles. The second kappa shape index (κ2) is 9.55. The predicted molar refractivity (Wildman–Crippen MR) is 115 cm³/mol. The first-order chi connectivity index (χ1) is 14.0. The third kappa shape index (κ3) is 4.94. The van der Waals surface area contributed by atoms with Crippen LogP contribution < -0.4 is 9.47 Å². The molecule has 0 aliphatic carbocycles. The van der Waals surface area contributed by atoms with Crippen molar-refractivity contribution in [3.05, 3.63) is 63.5 Å². The third-order valence-corrected chi connectivity index (χ3v) is 5.31. The molecule has 0 bridgehead atoms. The summed E-state index contributed by atoms with van der Waals surface area (Å²) in [6.07, 6.45) is 6.86. The first-order valence-electron chi connectivity index (χ1n) is 8.85. The van der Waals surface area contributed by atoms with Crippen LogP contribution in [-0.4, -0.2) is 29.2 Å². The Morgan fingerprint density at radius 3 is 2.69 bits per heavy atom. The van der Waals surface area contributed by atoms with Gasteiger partial charge in [-0.15, -0.1) is 6.42 Å². The van der Waals surface area contributed by atoms with Crippen LogP contribution in [0.4, 0.5) is 4.79 Å². The summed E-state index contributed by atoms with van der Waals surface area (Å²) in [6.45, 7) is 2.57. The molecule has 1 heterocycles. The second-order valence-corrected chi connectivity index (χ2v) is 7.39. The fourth-order valence-electron chi connectivity index (χ4n) is 2.65. The Balaban J connectivity index is 1.81. The van der Waals surface area contributed by atoms with E-state index in [1.54, 1.807) is 30.3 Å². The van der Waals surface area contributed by atoms with Gasteiger partial charge in [0.1, 0.15) is 6.61 Å². The number of ether oxygens (including phenoxy) is 2. The zero-order chi connectivity index (χ0) is 20.8. The van der Waals surface area contributed by atoms with Gasteiger partial charge in [-0.05, 0) is 48.5 Å². The van der Waals surface area contributed by atoms with Crippen molar-refractivity contribution in [2.75, 3.05) is 13.2 Å². The number of carbonyl (C=O) groups is 2. The van der Waals surface area contributed by atoms with Crippen molar-refractivity contribution in [2.45, 2.75) is 13.5 Å². The molecule has 0 atom stereocenters. The van der Waals surface area contributed by atoms with Crippen LogP contribution in [0, 0.1) is 12.3 Å². The Morgan fingerprint density at radius 1 is 1.17 bits per heavy atom. The van der Waals surface area contributed by atoms with Crippen LogP contribution in [-0.2, 0) is 11.4 Å². The molecule has 5 nitrogen and oxygen atoms in total. The normalized spacial score (nSPS) is 14.9. The maximum absolute atomic E-state index is 12.3. The molecule has 0 radical (unpaired) electrons. The average molecular weight is 428 g/mol. The van der Waals surface area contributed by atoms with Crippen molar-refractivity contribution in [2.24, 2.45) is 0 Å². The smallest absolute Gasteiger partial charge is 0.294 e. The highest BCUT2D eigenvalue weighted by Gasteiger charge is 2.34. The molecule has 7 heteroatoms. The molecule has 1 fully saturated rings. The van der Waals surface area contributed by atoms with Crippen molar-refractivity contribution in [3.8, 4) is 23.8 Å². The van der Waals surface area contributed by atoms with Gasteiger partial charge in [-0.2, -0.15) is 0 Å². The lowest BCUT2D eigenvalue weighted by molar-refractivity contribution is -0.122. The first kappa shape index (κ1) is 20.8. The Hall–Kier alpha value is -2.88. The van der Waals surface area contributed by atoms with E-state index >= 15 is 0 Å². The van der Waals surface area contributed by atoms with E-state index in [4.69, 9.17) is 27.5 Å². The van der Waals surface area contributed by atoms with Crippen LogP contribution in [0.5, 0.6) is 11.5 Å². The van der Waals surface area contributed by atoms with Gasteiger partial charge in [0, 0.05) is 10.6 Å². The number of terminal acetylenes is 1. The van der Waals surface area contributed by atoms with Crippen molar-refractivity contribution in [3.63, 3.8) is 0 Å². The molecule has 2 aromatic rings. The molecular weight excluding hydrogens is 410 g/mol. The Morgan fingerprint density at radius 2 is 1.97 bits per heavy atom. The Bertz CT molecular complexity index is 1010. The first-order valence-corrected chi connectivity index (χ1v) is 10.0. The van der Waals surface area contributed by atoms with Gasteiger partial charge in [0.2, 0.25) is 0 Å². The van der Waals surface area contributed by atoms with Gasteiger partial charge in [-0.25, -0.2) is 0 Å². The summed E-state index contributed by atoms with van der Waals surface area (Å²) in [5.74, 6) is 3.02. The lowest BCUT2D eigenvalue weighted by Gasteiger charge is -2.13. The monoisotopic (exact) mass is 427 g/mol. The molecule has 0 saturated carbocycles. The van der Waals surface area contributed by atoms with Gasteiger partial charge in [0.25, 0.3) is 11.1 Å². The SMILES string of the molecule is C#CCN1C(=O)S/C(=C/c2ccc(OCc3ccccc3Cl)c(OCC)c2)C1=O. The van der Waals surface area contributed by atoms with Crippen LogP contribution in [0.25, 0.3) is 6.08 Å². The van der Waals surface area contributed by atoms with Gasteiger partial charge in [-0.3, -0.25) is 14.5 Å². The Kier molecular flexibility index (Phi) is 6.86. The van der Waals surface area contributed by atoms with E-state index in [0.29, 0.717) is 40.2 Å². The summed E-state index contributed by atoms with van der Waals surface area (Å²) in [5.41, 5.74) is 1.58. The number of thioether (sulfide) groups is 1. The van der Waals surface area contributed by atoms with E-state index in [1.807, 2.05) is 25.1 Å². The maximum atomic E-state index is 12.3. The number of carbonyl (C=O) groups excluding carboxylic acids is 2. The van der Waals surface area contributed by atoms with Crippen LogP contribution >= 0.6 is 23.4 Å². The predicted octanol–water partition coefficient (Wildman–Crippen LogP) is 4.99. The van der Waals surface area contributed by atoms with Gasteiger partial charge < -0.3 is 9.47 Å². The average Bonchev–Trinajstić information content (AvgIpc) is 2.96. The molecule has 148 valence electrons. The van der Waals surface area contributed by atoms with E-state index in [1.165, 1.54) is 0 Å². The number of rotatable bonds is 7. The van der Waals surface area contributed by atoms with Crippen LogP contribution in [0.3, 0.4) is 0 Å². The topological polar surface area (TPSA) is 55.8 Å². The number of benzene rings is 2.